The molecule has 0 amide bonds. The maximum atomic E-state index is 5.99. The molecule has 17 heavy (non-hydrogen) atoms. The van der Waals surface area contributed by atoms with E-state index in [0.717, 1.165) is 26.3 Å². The van der Waals surface area contributed by atoms with Crippen molar-refractivity contribution >= 4 is 0 Å². The minimum Gasteiger partial charge on any atom is -0.381 e. The van der Waals surface area contributed by atoms with Crippen molar-refractivity contribution in [3.05, 3.63) is 0 Å². The lowest BCUT2D eigenvalue weighted by molar-refractivity contribution is -0.0192. The zero-order chi connectivity index (χ0) is 12.3. The molecule has 2 unspecified atom stereocenters. The number of hydrogen-bond acceptors (Lipinski definition) is 4. The van der Waals surface area contributed by atoms with Crippen LogP contribution < -0.4 is 5.73 Å². The number of likely N-dealkylation sites (tertiary alicyclic amines) is 1. The van der Waals surface area contributed by atoms with Crippen LogP contribution >= 0.6 is 0 Å². The molecule has 2 atom stereocenters. The third-order valence-electron chi connectivity index (χ3n) is 4.37. The molecule has 2 aliphatic rings. The average molecular weight is 241 g/mol. The van der Waals surface area contributed by atoms with E-state index in [1.54, 1.807) is 0 Å². The van der Waals surface area contributed by atoms with E-state index in [4.69, 9.17) is 10.5 Å². The average Bonchev–Trinajstić information content (AvgIpc) is 2.79. The Morgan fingerprint density at radius 1 is 1.47 bits per heavy atom. The predicted molar refractivity (Wildman–Crippen MR) is 70.1 cm³/mol. The first-order chi connectivity index (χ1) is 8.15. The molecule has 0 saturated carbocycles. The fourth-order valence-electron chi connectivity index (χ4n) is 3.11. The highest BCUT2D eigenvalue weighted by atomic mass is 16.5. The summed E-state index contributed by atoms with van der Waals surface area (Å²) in [5.74, 6) is 0. The van der Waals surface area contributed by atoms with E-state index >= 15 is 0 Å². The molecule has 0 aromatic rings. The molecule has 0 aromatic heterocycles. The standard InChI is InChI=1S/C13H27N3O/c1-15(2)12-4-6-16(8-12)10-13(9-14)5-3-7-17-11-13/h12H,3-11,14H2,1-2H3. The molecule has 4 nitrogen and oxygen atoms in total. The predicted octanol–water partition coefficient (Wildman–Crippen LogP) is 0.378. The van der Waals surface area contributed by atoms with Crippen LogP contribution in [0.4, 0.5) is 0 Å². The van der Waals surface area contributed by atoms with E-state index in [1.807, 2.05) is 0 Å². The summed E-state index contributed by atoms with van der Waals surface area (Å²) in [5, 5.41) is 0. The van der Waals surface area contributed by atoms with Crippen molar-refractivity contribution in [2.24, 2.45) is 11.1 Å². The van der Waals surface area contributed by atoms with E-state index < -0.39 is 0 Å². The van der Waals surface area contributed by atoms with Crippen molar-refractivity contribution in [2.45, 2.75) is 25.3 Å². The maximum absolute atomic E-state index is 5.99. The fourth-order valence-corrected chi connectivity index (χ4v) is 3.11. The third kappa shape index (κ3) is 3.19. The lowest BCUT2D eigenvalue weighted by Gasteiger charge is -2.39. The first-order valence-corrected chi connectivity index (χ1v) is 6.82. The Morgan fingerprint density at radius 2 is 2.29 bits per heavy atom. The second kappa shape index (κ2) is 5.65. The number of rotatable bonds is 4. The van der Waals surface area contributed by atoms with Crippen LogP contribution in [-0.4, -0.2) is 69.3 Å². The van der Waals surface area contributed by atoms with E-state index in [9.17, 15) is 0 Å². The summed E-state index contributed by atoms with van der Waals surface area (Å²) in [6.45, 7) is 6.05. The molecule has 0 spiro atoms. The van der Waals surface area contributed by atoms with Crippen molar-refractivity contribution in [1.29, 1.82) is 0 Å². The van der Waals surface area contributed by atoms with Crippen LogP contribution in [0.25, 0.3) is 0 Å². The van der Waals surface area contributed by atoms with Crippen molar-refractivity contribution in [3.8, 4) is 0 Å². The zero-order valence-electron chi connectivity index (χ0n) is 11.3. The monoisotopic (exact) mass is 241 g/mol. The van der Waals surface area contributed by atoms with Gasteiger partial charge in [-0.25, -0.2) is 0 Å². The van der Waals surface area contributed by atoms with Gasteiger partial charge in [0, 0.05) is 37.7 Å². The van der Waals surface area contributed by atoms with Crippen molar-refractivity contribution in [1.82, 2.24) is 9.80 Å². The Kier molecular flexibility index (Phi) is 4.42. The van der Waals surface area contributed by atoms with E-state index in [0.29, 0.717) is 6.04 Å². The maximum Gasteiger partial charge on any atom is 0.0546 e. The van der Waals surface area contributed by atoms with Crippen LogP contribution in [-0.2, 0) is 4.74 Å². The van der Waals surface area contributed by atoms with Gasteiger partial charge in [0.05, 0.1) is 6.61 Å². The summed E-state index contributed by atoms with van der Waals surface area (Å²) in [4.78, 5) is 4.92. The quantitative estimate of drug-likeness (QED) is 0.772. The van der Waals surface area contributed by atoms with Gasteiger partial charge < -0.3 is 20.3 Å². The Morgan fingerprint density at radius 3 is 2.82 bits per heavy atom. The Balaban J connectivity index is 1.87. The molecule has 2 heterocycles. The molecular formula is C13H27N3O. The van der Waals surface area contributed by atoms with Gasteiger partial charge in [-0.1, -0.05) is 0 Å². The zero-order valence-corrected chi connectivity index (χ0v) is 11.3. The van der Waals surface area contributed by atoms with Gasteiger partial charge in [-0.15, -0.1) is 0 Å². The summed E-state index contributed by atoms with van der Waals surface area (Å²) in [7, 11) is 4.35. The van der Waals surface area contributed by atoms with Gasteiger partial charge in [0.2, 0.25) is 0 Å². The number of nitrogens with zero attached hydrogens (tertiary/aromatic N) is 2. The van der Waals surface area contributed by atoms with E-state index in [1.165, 1.54) is 32.4 Å². The summed E-state index contributed by atoms with van der Waals surface area (Å²) >= 11 is 0. The van der Waals surface area contributed by atoms with Crippen molar-refractivity contribution in [2.75, 3.05) is 53.5 Å². The van der Waals surface area contributed by atoms with Gasteiger partial charge in [-0.2, -0.15) is 0 Å². The Bertz CT molecular complexity index is 239. The van der Waals surface area contributed by atoms with Crippen LogP contribution in [0.15, 0.2) is 0 Å². The van der Waals surface area contributed by atoms with Crippen LogP contribution in [0.3, 0.4) is 0 Å². The molecule has 2 N–H and O–H groups in total. The summed E-state index contributed by atoms with van der Waals surface area (Å²) in [5.41, 5.74) is 6.22. The Labute approximate surface area is 105 Å². The number of likely N-dealkylation sites (N-methyl/N-ethyl adjacent to an activating group) is 1. The van der Waals surface area contributed by atoms with Gasteiger partial charge in [0.1, 0.15) is 0 Å². The summed E-state index contributed by atoms with van der Waals surface area (Å²) < 4.78 is 5.64. The van der Waals surface area contributed by atoms with Gasteiger partial charge in [0.15, 0.2) is 0 Å². The second-order valence-electron chi connectivity index (χ2n) is 6.00. The van der Waals surface area contributed by atoms with Gasteiger partial charge in [-0.05, 0) is 39.9 Å². The van der Waals surface area contributed by atoms with Crippen molar-refractivity contribution in [3.63, 3.8) is 0 Å². The molecule has 2 saturated heterocycles. The lowest BCUT2D eigenvalue weighted by atomic mass is 9.82. The molecule has 0 aromatic carbocycles. The first-order valence-electron chi connectivity index (χ1n) is 6.82. The first kappa shape index (κ1) is 13.3. The third-order valence-corrected chi connectivity index (χ3v) is 4.37. The van der Waals surface area contributed by atoms with Gasteiger partial charge in [0.25, 0.3) is 0 Å². The summed E-state index contributed by atoms with van der Waals surface area (Å²) in [6, 6.07) is 0.717. The molecule has 0 bridgehead atoms. The highest BCUT2D eigenvalue weighted by molar-refractivity contribution is 4.90. The van der Waals surface area contributed by atoms with E-state index in [2.05, 4.69) is 23.9 Å². The van der Waals surface area contributed by atoms with Gasteiger partial charge >= 0.3 is 0 Å². The summed E-state index contributed by atoms with van der Waals surface area (Å²) in [6.07, 6.45) is 3.68. The highest BCUT2D eigenvalue weighted by Gasteiger charge is 2.36. The minimum absolute atomic E-state index is 0.222. The number of ether oxygens (including phenoxy) is 1. The SMILES string of the molecule is CN(C)C1CCN(CC2(CN)CCCOC2)C1. The molecular weight excluding hydrogens is 214 g/mol. The molecule has 4 heteroatoms. The fraction of sp³-hybridized carbons (Fsp3) is 1.00. The molecule has 100 valence electrons. The Hall–Kier alpha value is -0.160. The van der Waals surface area contributed by atoms with Crippen LogP contribution in [0.2, 0.25) is 0 Å². The topological polar surface area (TPSA) is 41.7 Å². The molecule has 2 fully saturated rings. The number of hydrogen-bond donors (Lipinski definition) is 1. The van der Waals surface area contributed by atoms with Crippen LogP contribution in [0, 0.1) is 5.41 Å². The normalized spacial score (nSPS) is 35.6. The molecule has 2 aliphatic heterocycles. The largest absolute Gasteiger partial charge is 0.381 e. The van der Waals surface area contributed by atoms with Crippen LogP contribution in [0.5, 0.6) is 0 Å². The number of nitrogens with two attached hydrogens (primary N) is 1. The van der Waals surface area contributed by atoms with E-state index in [-0.39, 0.29) is 5.41 Å². The minimum atomic E-state index is 0.222. The van der Waals surface area contributed by atoms with Crippen LogP contribution in [0.1, 0.15) is 19.3 Å². The lowest BCUT2D eigenvalue weighted by Crippen LogP contribution is -2.47. The second-order valence-corrected chi connectivity index (χ2v) is 6.00. The van der Waals surface area contributed by atoms with Gasteiger partial charge in [-0.3, -0.25) is 0 Å². The van der Waals surface area contributed by atoms with Crippen molar-refractivity contribution < 1.29 is 4.74 Å². The highest BCUT2D eigenvalue weighted by Crippen LogP contribution is 2.30. The smallest absolute Gasteiger partial charge is 0.0546 e. The molecule has 2 rings (SSSR count). The molecule has 0 aliphatic carbocycles. The molecule has 0 radical (unpaired) electrons.